The number of anilines is 1. The van der Waals surface area contributed by atoms with Crippen LogP contribution in [0, 0.1) is 0 Å². The first-order chi connectivity index (χ1) is 12.2. The molecule has 5 nitrogen and oxygen atoms in total. The first kappa shape index (κ1) is 16.0. The molecule has 0 unspecified atom stereocenters. The van der Waals surface area contributed by atoms with Crippen LogP contribution in [0.1, 0.15) is 5.69 Å². The minimum absolute atomic E-state index is 0.126. The van der Waals surface area contributed by atoms with Gasteiger partial charge in [0.25, 0.3) is 0 Å². The molecule has 0 saturated carbocycles. The molecule has 0 saturated heterocycles. The van der Waals surface area contributed by atoms with Crippen molar-refractivity contribution in [3.63, 3.8) is 0 Å². The quantitative estimate of drug-likeness (QED) is 0.540. The Kier molecular flexibility index (Phi) is 4.33. The summed E-state index contributed by atoms with van der Waals surface area (Å²) in [4.78, 5) is 21.2. The van der Waals surface area contributed by atoms with Gasteiger partial charge in [-0.1, -0.05) is 34.1 Å². The van der Waals surface area contributed by atoms with Crippen molar-refractivity contribution >= 4 is 44.0 Å². The SMILES string of the molecule is O=C(Cc1cn2ccccc2n1)Nc1nc(-c2cccc(Br)c2)cs1. The lowest BCUT2D eigenvalue weighted by Gasteiger charge is -1.99. The molecule has 0 aliphatic heterocycles. The Morgan fingerprint density at radius 1 is 1.20 bits per heavy atom. The fraction of sp³-hybridized carbons (Fsp3) is 0.0556. The fourth-order valence-electron chi connectivity index (χ4n) is 2.51. The molecule has 3 heterocycles. The summed E-state index contributed by atoms with van der Waals surface area (Å²) < 4.78 is 2.90. The number of hydrogen-bond donors (Lipinski definition) is 1. The molecule has 0 bridgehead atoms. The number of carbonyl (C=O) groups excluding carboxylic acids is 1. The maximum atomic E-state index is 12.3. The van der Waals surface area contributed by atoms with Crippen LogP contribution in [0.2, 0.25) is 0 Å². The first-order valence-electron chi connectivity index (χ1n) is 7.61. The van der Waals surface area contributed by atoms with E-state index in [0.717, 1.165) is 27.1 Å². The maximum Gasteiger partial charge on any atom is 0.232 e. The fourth-order valence-corrected chi connectivity index (χ4v) is 3.65. The van der Waals surface area contributed by atoms with Gasteiger partial charge in [-0.15, -0.1) is 11.3 Å². The van der Waals surface area contributed by atoms with Gasteiger partial charge in [-0.25, -0.2) is 9.97 Å². The molecule has 0 radical (unpaired) electrons. The molecule has 7 heteroatoms. The molecule has 1 N–H and O–H groups in total. The highest BCUT2D eigenvalue weighted by Gasteiger charge is 2.11. The van der Waals surface area contributed by atoms with Gasteiger partial charge in [0.05, 0.1) is 17.8 Å². The Bertz CT molecular complexity index is 1020. The minimum atomic E-state index is -0.126. The molecule has 124 valence electrons. The third-order valence-electron chi connectivity index (χ3n) is 3.63. The van der Waals surface area contributed by atoms with E-state index in [4.69, 9.17) is 0 Å². The van der Waals surface area contributed by atoms with Crippen LogP contribution < -0.4 is 5.32 Å². The van der Waals surface area contributed by atoms with Crippen LogP contribution in [-0.2, 0) is 11.2 Å². The molecule has 25 heavy (non-hydrogen) atoms. The topological polar surface area (TPSA) is 59.3 Å². The molecule has 0 aliphatic carbocycles. The lowest BCUT2D eigenvalue weighted by Crippen LogP contribution is -2.14. The molecule has 4 rings (SSSR count). The van der Waals surface area contributed by atoms with Crippen molar-refractivity contribution in [2.24, 2.45) is 0 Å². The number of fused-ring (bicyclic) bond motifs is 1. The van der Waals surface area contributed by atoms with E-state index in [1.165, 1.54) is 11.3 Å². The average molecular weight is 413 g/mol. The van der Waals surface area contributed by atoms with Crippen molar-refractivity contribution in [3.05, 3.63) is 70.4 Å². The van der Waals surface area contributed by atoms with Crippen molar-refractivity contribution in [1.29, 1.82) is 0 Å². The van der Waals surface area contributed by atoms with Crippen LogP contribution >= 0.6 is 27.3 Å². The molecule has 4 aromatic rings. The summed E-state index contributed by atoms with van der Waals surface area (Å²) in [7, 11) is 0. The minimum Gasteiger partial charge on any atom is -0.307 e. The molecule has 0 fully saturated rings. The summed E-state index contributed by atoms with van der Waals surface area (Å²) in [5.41, 5.74) is 3.41. The second-order valence-electron chi connectivity index (χ2n) is 5.47. The van der Waals surface area contributed by atoms with Crippen LogP contribution in [0.25, 0.3) is 16.9 Å². The number of pyridine rings is 1. The van der Waals surface area contributed by atoms with Gasteiger partial charge in [0, 0.05) is 27.8 Å². The highest BCUT2D eigenvalue weighted by atomic mass is 79.9. The third kappa shape index (κ3) is 3.62. The Balaban J connectivity index is 1.46. The summed E-state index contributed by atoms with van der Waals surface area (Å²) >= 11 is 4.87. The zero-order chi connectivity index (χ0) is 17.2. The van der Waals surface area contributed by atoms with E-state index in [2.05, 4.69) is 31.2 Å². The lowest BCUT2D eigenvalue weighted by atomic mass is 10.2. The predicted molar refractivity (Wildman–Crippen MR) is 103 cm³/mol. The van der Waals surface area contributed by atoms with Crippen molar-refractivity contribution in [1.82, 2.24) is 14.4 Å². The van der Waals surface area contributed by atoms with Gasteiger partial charge in [0.1, 0.15) is 5.65 Å². The number of thiazole rings is 1. The molecule has 3 aromatic heterocycles. The Hall–Kier alpha value is -2.51. The van der Waals surface area contributed by atoms with E-state index in [-0.39, 0.29) is 12.3 Å². The molecule has 0 aliphatic rings. The zero-order valence-electron chi connectivity index (χ0n) is 13.0. The number of rotatable bonds is 4. The van der Waals surface area contributed by atoms with E-state index in [9.17, 15) is 4.79 Å². The number of hydrogen-bond acceptors (Lipinski definition) is 4. The molecule has 1 aromatic carbocycles. The van der Waals surface area contributed by atoms with Gasteiger partial charge in [-0.2, -0.15) is 0 Å². The summed E-state index contributed by atoms with van der Waals surface area (Å²) in [6.07, 6.45) is 3.99. The number of amides is 1. The summed E-state index contributed by atoms with van der Waals surface area (Å²) in [5.74, 6) is -0.126. The van der Waals surface area contributed by atoms with Gasteiger partial charge in [0.15, 0.2) is 5.13 Å². The molecule has 1 amide bonds. The average Bonchev–Trinajstić information content (AvgIpc) is 3.21. The predicted octanol–water partition coefficient (Wildman–Crippen LogP) is 4.40. The van der Waals surface area contributed by atoms with Gasteiger partial charge in [0.2, 0.25) is 5.91 Å². The van der Waals surface area contributed by atoms with Crippen LogP contribution in [0.4, 0.5) is 5.13 Å². The molecule has 0 atom stereocenters. The van der Waals surface area contributed by atoms with Crippen LogP contribution in [-0.4, -0.2) is 20.3 Å². The number of carbonyl (C=O) groups is 1. The summed E-state index contributed by atoms with van der Waals surface area (Å²) in [5, 5.41) is 5.37. The number of aromatic nitrogens is 3. The van der Waals surface area contributed by atoms with E-state index in [0.29, 0.717) is 5.13 Å². The highest BCUT2D eigenvalue weighted by molar-refractivity contribution is 9.10. The monoisotopic (exact) mass is 412 g/mol. The smallest absolute Gasteiger partial charge is 0.232 e. The molecular formula is C18H13BrN4OS. The van der Waals surface area contributed by atoms with Gasteiger partial charge >= 0.3 is 0 Å². The van der Waals surface area contributed by atoms with Crippen LogP contribution in [0.3, 0.4) is 0 Å². The summed E-state index contributed by atoms with van der Waals surface area (Å²) in [6.45, 7) is 0. The van der Waals surface area contributed by atoms with Crippen molar-refractivity contribution in [2.75, 3.05) is 5.32 Å². The molecular weight excluding hydrogens is 400 g/mol. The largest absolute Gasteiger partial charge is 0.307 e. The second kappa shape index (κ2) is 6.78. The van der Waals surface area contributed by atoms with E-state index in [1.54, 1.807) is 0 Å². The van der Waals surface area contributed by atoms with E-state index >= 15 is 0 Å². The van der Waals surface area contributed by atoms with Gasteiger partial charge in [-0.05, 0) is 24.3 Å². The second-order valence-corrected chi connectivity index (χ2v) is 7.25. The normalized spacial score (nSPS) is 10.9. The summed E-state index contributed by atoms with van der Waals surface area (Å²) in [6, 6.07) is 13.7. The third-order valence-corrected chi connectivity index (χ3v) is 4.88. The van der Waals surface area contributed by atoms with Gasteiger partial charge in [-0.3, -0.25) is 4.79 Å². The number of nitrogens with one attached hydrogen (secondary N) is 1. The Labute approximate surface area is 156 Å². The van der Waals surface area contributed by atoms with E-state index < -0.39 is 0 Å². The number of halogens is 1. The standard InChI is InChI=1S/C18H13BrN4OS/c19-13-5-3-4-12(8-13)15-11-25-18(21-15)22-17(24)9-14-10-23-7-2-1-6-16(23)20-14/h1-8,10-11H,9H2,(H,21,22,24). The lowest BCUT2D eigenvalue weighted by molar-refractivity contribution is -0.115. The van der Waals surface area contributed by atoms with Crippen LogP contribution in [0.15, 0.2) is 64.7 Å². The number of nitrogens with zero attached hydrogens (tertiary/aromatic N) is 3. The van der Waals surface area contributed by atoms with Gasteiger partial charge < -0.3 is 9.72 Å². The maximum absolute atomic E-state index is 12.3. The first-order valence-corrected chi connectivity index (χ1v) is 9.28. The van der Waals surface area contributed by atoms with Crippen molar-refractivity contribution in [3.8, 4) is 11.3 Å². The van der Waals surface area contributed by atoms with Crippen molar-refractivity contribution < 1.29 is 4.79 Å². The Morgan fingerprint density at radius 3 is 2.96 bits per heavy atom. The number of imidazole rings is 1. The van der Waals surface area contributed by atoms with E-state index in [1.807, 2.05) is 64.6 Å². The highest BCUT2D eigenvalue weighted by Crippen LogP contribution is 2.26. The zero-order valence-corrected chi connectivity index (χ0v) is 15.4. The number of benzene rings is 1. The molecule has 0 spiro atoms. The van der Waals surface area contributed by atoms with Crippen molar-refractivity contribution in [2.45, 2.75) is 6.42 Å². The Morgan fingerprint density at radius 2 is 2.12 bits per heavy atom. The van der Waals surface area contributed by atoms with Crippen LogP contribution in [0.5, 0.6) is 0 Å².